The van der Waals surface area contributed by atoms with E-state index in [2.05, 4.69) is 33.4 Å². The predicted molar refractivity (Wildman–Crippen MR) is 122 cm³/mol. The maximum atomic E-state index is 12.5. The van der Waals surface area contributed by atoms with E-state index in [0.29, 0.717) is 13.2 Å². The van der Waals surface area contributed by atoms with Crippen LogP contribution in [0.2, 0.25) is 0 Å². The van der Waals surface area contributed by atoms with Crippen LogP contribution in [0.4, 0.5) is 5.82 Å². The molecule has 1 fully saturated rings. The Morgan fingerprint density at radius 2 is 1.97 bits per heavy atom. The van der Waals surface area contributed by atoms with Crippen molar-refractivity contribution in [3.05, 3.63) is 48.2 Å². The van der Waals surface area contributed by atoms with Gasteiger partial charge in [-0.1, -0.05) is 30.3 Å². The lowest BCUT2D eigenvalue weighted by Gasteiger charge is -2.33. The summed E-state index contributed by atoms with van der Waals surface area (Å²) < 4.78 is 7.26. The summed E-state index contributed by atoms with van der Waals surface area (Å²) in [5.74, 6) is 1.28. The second-order valence-corrected chi connectivity index (χ2v) is 8.02. The first kappa shape index (κ1) is 21.3. The molecule has 1 N–H and O–H groups in total. The van der Waals surface area contributed by atoms with Crippen LogP contribution >= 0.6 is 0 Å². The van der Waals surface area contributed by atoms with E-state index in [0.717, 1.165) is 67.4 Å². The summed E-state index contributed by atoms with van der Waals surface area (Å²) >= 11 is 0. The fourth-order valence-electron chi connectivity index (χ4n) is 4.10. The van der Waals surface area contributed by atoms with Gasteiger partial charge < -0.3 is 15.0 Å². The van der Waals surface area contributed by atoms with Gasteiger partial charge in [0.25, 0.3) is 0 Å². The van der Waals surface area contributed by atoms with Crippen molar-refractivity contribution < 1.29 is 9.53 Å². The molecular weight excluding hydrogens is 390 g/mol. The second kappa shape index (κ2) is 9.92. The minimum atomic E-state index is 0.0688. The van der Waals surface area contributed by atoms with Crippen LogP contribution in [0.15, 0.2) is 42.5 Å². The Kier molecular flexibility index (Phi) is 6.82. The number of nitrogens with zero attached hydrogens (tertiary/aromatic N) is 4. The van der Waals surface area contributed by atoms with E-state index in [9.17, 15) is 4.79 Å². The van der Waals surface area contributed by atoms with Gasteiger partial charge in [0.2, 0.25) is 5.91 Å². The quantitative estimate of drug-likeness (QED) is 0.564. The number of rotatable bonds is 8. The van der Waals surface area contributed by atoms with Crippen molar-refractivity contribution >= 4 is 17.4 Å². The van der Waals surface area contributed by atoms with Crippen molar-refractivity contribution in [3.63, 3.8) is 0 Å². The van der Waals surface area contributed by atoms with Crippen molar-refractivity contribution in [1.82, 2.24) is 19.9 Å². The van der Waals surface area contributed by atoms with Crippen molar-refractivity contribution in [2.45, 2.75) is 33.1 Å². The van der Waals surface area contributed by atoms with Crippen molar-refractivity contribution in [2.24, 2.45) is 5.92 Å². The average Bonchev–Trinajstić information content (AvgIpc) is 3.23. The fraction of sp³-hybridized carbons (Fsp3) is 0.458. The molecule has 0 atom stereocenters. The highest BCUT2D eigenvalue weighted by Crippen LogP contribution is 2.27. The Balaban J connectivity index is 1.43. The van der Waals surface area contributed by atoms with Gasteiger partial charge in [-0.05, 0) is 33.1 Å². The molecule has 0 bridgehead atoms. The summed E-state index contributed by atoms with van der Waals surface area (Å²) in [5, 5.41) is 7.90. The zero-order valence-electron chi connectivity index (χ0n) is 18.4. The minimum absolute atomic E-state index is 0.0688. The highest BCUT2D eigenvalue weighted by atomic mass is 16.5. The van der Waals surface area contributed by atoms with Gasteiger partial charge in [0.1, 0.15) is 5.82 Å². The number of carbonyl (C=O) groups is 1. The zero-order chi connectivity index (χ0) is 21.6. The number of fused-ring (bicyclic) bond motifs is 1. The minimum Gasteiger partial charge on any atom is -0.382 e. The maximum absolute atomic E-state index is 12.5. The topological polar surface area (TPSA) is 71.8 Å². The Morgan fingerprint density at radius 1 is 1.19 bits per heavy atom. The molecule has 1 aliphatic rings. The molecule has 0 spiro atoms. The summed E-state index contributed by atoms with van der Waals surface area (Å²) in [6.07, 6.45) is 2.54. The van der Waals surface area contributed by atoms with Gasteiger partial charge in [-0.3, -0.25) is 4.79 Å². The molecule has 3 heterocycles. The number of piperidine rings is 1. The number of amides is 1. The molecule has 31 heavy (non-hydrogen) atoms. The van der Waals surface area contributed by atoms with Gasteiger partial charge in [0.05, 0.1) is 5.69 Å². The molecule has 2 aromatic heterocycles. The monoisotopic (exact) mass is 421 g/mol. The number of aryl methyl sites for hydroxylation is 1. The standard InChI is InChI=1S/C24H31N5O2/c1-3-31-15-7-12-25-24(30)20-10-13-28(14-11-20)23-16-18(2)26-22-17-21(27-29(22)23)19-8-5-4-6-9-19/h4-6,8-9,16-17,20H,3,7,10-15H2,1-2H3,(H,25,30). The van der Waals surface area contributed by atoms with Gasteiger partial charge in [-0.2, -0.15) is 9.61 Å². The van der Waals surface area contributed by atoms with Crippen LogP contribution in [-0.4, -0.2) is 53.4 Å². The molecule has 0 aliphatic carbocycles. The van der Waals surface area contributed by atoms with Crippen LogP contribution in [0.5, 0.6) is 0 Å². The lowest BCUT2D eigenvalue weighted by atomic mass is 9.96. The molecule has 164 valence electrons. The predicted octanol–water partition coefficient (Wildman–Crippen LogP) is 3.46. The Labute approximate surface area is 183 Å². The first-order valence-electron chi connectivity index (χ1n) is 11.2. The van der Waals surface area contributed by atoms with Gasteiger partial charge in [0, 0.05) is 62.2 Å². The van der Waals surface area contributed by atoms with E-state index in [1.54, 1.807) is 0 Å². The average molecular weight is 422 g/mol. The molecule has 1 aliphatic heterocycles. The molecule has 1 aromatic carbocycles. The van der Waals surface area contributed by atoms with Crippen molar-refractivity contribution in [3.8, 4) is 11.3 Å². The Bertz CT molecular complexity index is 1010. The summed E-state index contributed by atoms with van der Waals surface area (Å²) in [7, 11) is 0. The number of hydrogen-bond acceptors (Lipinski definition) is 5. The first-order valence-corrected chi connectivity index (χ1v) is 11.2. The van der Waals surface area contributed by atoms with Crippen LogP contribution in [0, 0.1) is 12.8 Å². The van der Waals surface area contributed by atoms with E-state index in [1.165, 1.54) is 0 Å². The number of ether oxygens (including phenoxy) is 1. The maximum Gasteiger partial charge on any atom is 0.223 e. The molecule has 1 saturated heterocycles. The zero-order valence-corrected chi connectivity index (χ0v) is 18.4. The molecule has 0 saturated carbocycles. The Morgan fingerprint density at radius 3 is 2.71 bits per heavy atom. The molecule has 0 radical (unpaired) electrons. The number of anilines is 1. The largest absolute Gasteiger partial charge is 0.382 e. The van der Waals surface area contributed by atoms with Crippen LogP contribution < -0.4 is 10.2 Å². The van der Waals surface area contributed by atoms with E-state index in [4.69, 9.17) is 9.84 Å². The SMILES string of the molecule is CCOCCCNC(=O)C1CCN(c2cc(C)nc3cc(-c4ccccc4)nn23)CC1. The van der Waals surface area contributed by atoms with E-state index in [-0.39, 0.29) is 11.8 Å². The fourth-order valence-corrected chi connectivity index (χ4v) is 4.10. The van der Waals surface area contributed by atoms with Gasteiger partial charge in [-0.25, -0.2) is 4.98 Å². The molecule has 1 amide bonds. The third-order valence-electron chi connectivity index (χ3n) is 5.76. The molecule has 4 rings (SSSR count). The summed E-state index contributed by atoms with van der Waals surface area (Å²) in [4.78, 5) is 19.5. The summed E-state index contributed by atoms with van der Waals surface area (Å²) in [5.41, 5.74) is 3.82. The molecule has 0 unspecified atom stereocenters. The van der Waals surface area contributed by atoms with Crippen molar-refractivity contribution in [1.29, 1.82) is 0 Å². The first-order chi connectivity index (χ1) is 15.2. The number of hydrogen-bond donors (Lipinski definition) is 1. The van der Waals surface area contributed by atoms with Crippen molar-refractivity contribution in [2.75, 3.05) is 37.7 Å². The molecule has 7 nitrogen and oxygen atoms in total. The van der Waals surface area contributed by atoms with E-state index >= 15 is 0 Å². The smallest absolute Gasteiger partial charge is 0.223 e. The lowest BCUT2D eigenvalue weighted by Crippen LogP contribution is -2.41. The second-order valence-electron chi connectivity index (χ2n) is 8.02. The summed E-state index contributed by atoms with van der Waals surface area (Å²) in [6.45, 7) is 7.75. The molecule has 3 aromatic rings. The third-order valence-corrected chi connectivity index (χ3v) is 5.76. The van der Waals surface area contributed by atoms with E-state index in [1.807, 2.05) is 42.6 Å². The molecule has 7 heteroatoms. The van der Waals surface area contributed by atoms with Crippen LogP contribution in [0.3, 0.4) is 0 Å². The summed E-state index contributed by atoms with van der Waals surface area (Å²) in [6, 6.07) is 14.3. The third kappa shape index (κ3) is 5.05. The number of aromatic nitrogens is 3. The highest BCUT2D eigenvalue weighted by Gasteiger charge is 2.26. The van der Waals surface area contributed by atoms with E-state index < -0.39 is 0 Å². The van der Waals surface area contributed by atoms with Crippen LogP contribution in [-0.2, 0) is 9.53 Å². The highest BCUT2D eigenvalue weighted by molar-refractivity contribution is 5.79. The normalized spacial score (nSPS) is 14.8. The van der Waals surface area contributed by atoms with Crippen LogP contribution in [0.1, 0.15) is 31.9 Å². The van der Waals surface area contributed by atoms with Gasteiger partial charge in [0.15, 0.2) is 5.65 Å². The lowest BCUT2D eigenvalue weighted by molar-refractivity contribution is -0.125. The number of nitrogens with one attached hydrogen (secondary N) is 1. The van der Waals surface area contributed by atoms with Gasteiger partial charge >= 0.3 is 0 Å². The number of carbonyl (C=O) groups excluding carboxylic acids is 1. The van der Waals surface area contributed by atoms with Crippen LogP contribution in [0.25, 0.3) is 16.9 Å². The molecular formula is C24H31N5O2. The Hall–Kier alpha value is -2.93. The number of benzene rings is 1. The van der Waals surface area contributed by atoms with Gasteiger partial charge in [-0.15, -0.1) is 0 Å².